The Balaban J connectivity index is 1.68. The maximum absolute atomic E-state index is 11.9. The van der Waals surface area contributed by atoms with Crippen molar-refractivity contribution >= 4 is 29.4 Å². The van der Waals surface area contributed by atoms with Crippen molar-refractivity contribution in [3.8, 4) is 11.5 Å². The summed E-state index contributed by atoms with van der Waals surface area (Å²) in [5.74, 6) is -0.247. The van der Waals surface area contributed by atoms with Crippen molar-refractivity contribution in [1.29, 1.82) is 0 Å². The molecule has 0 spiro atoms. The van der Waals surface area contributed by atoms with Crippen LogP contribution in [0.25, 0.3) is 0 Å². The fourth-order valence-electron chi connectivity index (χ4n) is 2.70. The van der Waals surface area contributed by atoms with Gasteiger partial charge in [-0.05, 0) is 62.2 Å². The number of amides is 2. The smallest absolute Gasteiger partial charge is 0.325 e. The van der Waals surface area contributed by atoms with Gasteiger partial charge in [0.1, 0.15) is 6.54 Å². The fraction of sp³-hybridized carbons (Fsp3) is 0.348. The summed E-state index contributed by atoms with van der Waals surface area (Å²) in [6.07, 6.45) is 0.573. The van der Waals surface area contributed by atoms with Gasteiger partial charge in [0.05, 0.1) is 13.2 Å². The highest BCUT2D eigenvalue weighted by Gasteiger charge is 2.11. The lowest BCUT2D eigenvalue weighted by atomic mass is 10.1. The zero-order valence-electron chi connectivity index (χ0n) is 18.1. The highest BCUT2D eigenvalue weighted by molar-refractivity contribution is 6.30. The van der Waals surface area contributed by atoms with Gasteiger partial charge in [0.25, 0.3) is 11.8 Å². The Hall–Kier alpha value is -3.26. The van der Waals surface area contributed by atoms with Crippen molar-refractivity contribution in [2.45, 2.75) is 20.3 Å². The molecule has 0 fully saturated rings. The maximum Gasteiger partial charge on any atom is 0.325 e. The lowest BCUT2D eigenvalue weighted by molar-refractivity contribution is -0.147. The third kappa shape index (κ3) is 8.47. The molecule has 0 radical (unpaired) electrons. The molecule has 2 aromatic rings. The van der Waals surface area contributed by atoms with Gasteiger partial charge in [-0.15, -0.1) is 0 Å². The second-order valence-corrected chi connectivity index (χ2v) is 7.03. The van der Waals surface area contributed by atoms with Crippen LogP contribution in [0.5, 0.6) is 11.5 Å². The number of esters is 1. The number of hydrogen-bond donors (Lipinski definition) is 2. The van der Waals surface area contributed by atoms with Crippen LogP contribution < -0.4 is 20.1 Å². The molecule has 2 aromatic carbocycles. The van der Waals surface area contributed by atoms with Crippen molar-refractivity contribution in [2.75, 3.05) is 32.9 Å². The second-order valence-electron chi connectivity index (χ2n) is 6.60. The van der Waals surface area contributed by atoms with E-state index in [0.29, 0.717) is 48.3 Å². The Morgan fingerprint density at radius 1 is 0.906 bits per heavy atom. The van der Waals surface area contributed by atoms with Crippen LogP contribution in [0.3, 0.4) is 0 Å². The molecular formula is C23H27ClN2O6. The number of carbonyl (C=O) groups is 3. The average Bonchev–Trinajstić information content (AvgIpc) is 2.78. The Morgan fingerprint density at radius 2 is 1.59 bits per heavy atom. The molecule has 0 bridgehead atoms. The highest BCUT2D eigenvalue weighted by Crippen LogP contribution is 2.28. The van der Waals surface area contributed by atoms with Crippen molar-refractivity contribution in [1.82, 2.24) is 10.6 Å². The fourth-order valence-corrected chi connectivity index (χ4v) is 2.83. The third-order valence-electron chi connectivity index (χ3n) is 4.21. The second kappa shape index (κ2) is 13.2. The molecule has 0 aromatic heterocycles. The SMILES string of the molecule is CCOc1ccc(CCNC(=O)COC(=O)CNC(=O)c2ccc(Cl)cc2)cc1OCC. The van der Waals surface area contributed by atoms with E-state index in [1.54, 1.807) is 12.1 Å². The maximum atomic E-state index is 11.9. The van der Waals surface area contributed by atoms with Crippen LogP contribution in [0.15, 0.2) is 42.5 Å². The van der Waals surface area contributed by atoms with Gasteiger partial charge in [-0.1, -0.05) is 17.7 Å². The molecule has 2 amide bonds. The van der Waals surface area contributed by atoms with Gasteiger partial charge in [-0.3, -0.25) is 14.4 Å². The molecule has 2 N–H and O–H groups in total. The lowest BCUT2D eigenvalue weighted by Crippen LogP contribution is -2.34. The number of carbonyl (C=O) groups excluding carboxylic acids is 3. The van der Waals surface area contributed by atoms with E-state index in [1.807, 2.05) is 32.0 Å². The van der Waals surface area contributed by atoms with E-state index in [4.69, 9.17) is 25.8 Å². The third-order valence-corrected chi connectivity index (χ3v) is 4.46. The summed E-state index contributed by atoms with van der Waals surface area (Å²) in [5.41, 5.74) is 1.33. The molecule has 8 nitrogen and oxygen atoms in total. The predicted octanol–water partition coefficient (Wildman–Crippen LogP) is 2.77. The molecule has 32 heavy (non-hydrogen) atoms. The molecule has 0 aliphatic heterocycles. The van der Waals surface area contributed by atoms with Gasteiger partial charge in [-0.2, -0.15) is 0 Å². The van der Waals surface area contributed by atoms with Crippen LogP contribution in [0.4, 0.5) is 0 Å². The molecule has 0 unspecified atom stereocenters. The molecule has 0 atom stereocenters. The molecule has 9 heteroatoms. The Kier molecular flexibility index (Phi) is 10.3. The number of hydrogen-bond acceptors (Lipinski definition) is 6. The van der Waals surface area contributed by atoms with Crippen LogP contribution >= 0.6 is 11.6 Å². The summed E-state index contributed by atoms with van der Waals surface area (Å²) in [4.78, 5) is 35.6. The number of rotatable bonds is 12. The number of halogens is 1. The summed E-state index contributed by atoms with van der Waals surface area (Å²) < 4.78 is 16.0. The van der Waals surface area contributed by atoms with Gasteiger partial charge in [0, 0.05) is 17.1 Å². The first kappa shape index (κ1) is 25.0. The minimum atomic E-state index is -0.713. The molecule has 0 aliphatic rings. The van der Waals surface area contributed by atoms with E-state index in [0.717, 1.165) is 5.56 Å². The Labute approximate surface area is 192 Å². The molecule has 2 rings (SSSR count). The van der Waals surface area contributed by atoms with Crippen molar-refractivity contribution < 1.29 is 28.6 Å². The van der Waals surface area contributed by atoms with Crippen LogP contribution in [-0.4, -0.2) is 50.7 Å². The van der Waals surface area contributed by atoms with Crippen LogP contribution in [-0.2, 0) is 20.7 Å². The average molecular weight is 463 g/mol. The standard InChI is InChI=1S/C23H27ClN2O6/c1-3-30-19-10-5-16(13-20(19)31-4-2)11-12-25-21(27)15-32-22(28)14-26-23(29)17-6-8-18(24)9-7-17/h5-10,13H,3-4,11-12,14-15H2,1-2H3,(H,25,27)(H,26,29). The lowest BCUT2D eigenvalue weighted by Gasteiger charge is -2.12. The largest absolute Gasteiger partial charge is 0.490 e. The zero-order valence-corrected chi connectivity index (χ0v) is 18.9. The van der Waals surface area contributed by atoms with Crippen LogP contribution in [0.1, 0.15) is 29.8 Å². The minimum absolute atomic E-state index is 0.346. The topological polar surface area (TPSA) is 103 Å². The monoisotopic (exact) mass is 462 g/mol. The first-order chi connectivity index (χ1) is 15.4. The first-order valence-corrected chi connectivity index (χ1v) is 10.6. The molecule has 0 saturated heterocycles. The van der Waals surface area contributed by atoms with E-state index in [9.17, 15) is 14.4 Å². The van der Waals surface area contributed by atoms with Crippen molar-refractivity contribution in [3.05, 3.63) is 58.6 Å². The van der Waals surface area contributed by atoms with E-state index in [-0.39, 0.29) is 6.54 Å². The van der Waals surface area contributed by atoms with Gasteiger partial charge >= 0.3 is 5.97 Å². The zero-order chi connectivity index (χ0) is 23.3. The summed E-state index contributed by atoms with van der Waals surface area (Å²) in [7, 11) is 0. The first-order valence-electron chi connectivity index (χ1n) is 10.3. The van der Waals surface area contributed by atoms with E-state index in [2.05, 4.69) is 10.6 Å². The Bertz CT molecular complexity index is 917. The van der Waals surface area contributed by atoms with Crippen molar-refractivity contribution in [3.63, 3.8) is 0 Å². The van der Waals surface area contributed by atoms with Crippen LogP contribution in [0.2, 0.25) is 5.02 Å². The van der Waals surface area contributed by atoms with Gasteiger partial charge in [0.2, 0.25) is 0 Å². The molecule has 0 saturated carbocycles. The molecule has 0 heterocycles. The van der Waals surface area contributed by atoms with Gasteiger partial charge in [0.15, 0.2) is 18.1 Å². The number of nitrogens with one attached hydrogen (secondary N) is 2. The Morgan fingerprint density at radius 3 is 2.28 bits per heavy atom. The quantitative estimate of drug-likeness (QED) is 0.470. The number of ether oxygens (including phenoxy) is 3. The minimum Gasteiger partial charge on any atom is -0.490 e. The summed E-state index contributed by atoms with van der Waals surface area (Å²) >= 11 is 5.77. The van der Waals surface area contributed by atoms with Crippen molar-refractivity contribution in [2.24, 2.45) is 0 Å². The predicted molar refractivity (Wildman–Crippen MR) is 120 cm³/mol. The van der Waals surface area contributed by atoms with Gasteiger partial charge in [-0.25, -0.2) is 0 Å². The number of benzene rings is 2. The summed E-state index contributed by atoms with van der Waals surface area (Å²) in [6, 6.07) is 11.9. The highest BCUT2D eigenvalue weighted by atomic mass is 35.5. The van der Waals surface area contributed by atoms with Crippen LogP contribution in [0, 0.1) is 0 Å². The van der Waals surface area contributed by atoms with E-state index in [1.165, 1.54) is 12.1 Å². The summed E-state index contributed by atoms with van der Waals surface area (Å²) in [6.45, 7) is 4.45. The van der Waals surface area contributed by atoms with E-state index < -0.39 is 24.4 Å². The molecule has 172 valence electrons. The normalized spacial score (nSPS) is 10.2. The van der Waals surface area contributed by atoms with E-state index >= 15 is 0 Å². The molecular weight excluding hydrogens is 436 g/mol. The van der Waals surface area contributed by atoms with Gasteiger partial charge < -0.3 is 24.8 Å². The molecule has 0 aliphatic carbocycles. The summed E-state index contributed by atoms with van der Waals surface area (Å²) in [5, 5.41) is 5.61.